The predicted octanol–water partition coefficient (Wildman–Crippen LogP) is 5.04. The van der Waals surface area contributed by atoms with E-state index < -0.39 is 0 Å². The second kappa shape index (κ2) is 8.23. The minimum absolute atomic E-state index is 0.238. The molecule has 0 radical (unpaired) electrons. The third-order valence-electron chi connectivity index (χ3n) is 5.93. The Balaban J connectivity index is 1.25. The van der Waals surface area contributed by atoms with Crippen molar-refractivity contribution >= 4 is 21.8 Å². The van der Waals surface area contributed by atoms with E-state index in [1.165, 1.54) is 0 Å². The molecule has 2 aromatic heterocycles. The molecule has 0 N–H and O–H groups in total. The van der Waals surface area contributed by atoms with Crippen LogP contribution in [0.3, 0.4) is 0 Å². The lowest BCUT2D eigenvalue weighted by Crippen LogP contribution is -1.92. The van der Waals surface area contributed by atoms with Gasteiger partial charge in [0.2, 0.25) is 13.6 Å². The maximum absolute atomic E-state index is 5.44. The monoisotopic (exact) mass is 468 g/mol. The molecule has 2 aliphatic heterocycles. The quantitative estimate of drug-likeness (QED) is 0.234. The summed E-state index contributed by atoms with van der Waals surface area (Å²) in [6.07, 6.45) is 0. The molecule has 170 valence electrons. The molecule has 36 heavy (non-hydrogen) atoms. The van der Waals surface area contributed by atoms with Gasteiger partial charge in [-0.15, -0.1) is 0 Å². The van der Waals surface area contributed by atoms with Crippen LogP contribution in [0.2, 0.25) is 0 Å². The summed E-state index contributed by atoms with van der Waals surface area (Å²) in [7, 11) is 0. The van der Waals surface area contributed by atoms with Crippen LogP contribution >= 0.6 is 0 Å². The van der Waals surface area contributed by atoms with Gasteiger partial charge in [0.15, 0.2) is 23.0 Å². The van der Waals surface area contributed by atoms with E-state index in [4.69, 9.17) is 28.9 Å². The molecule has 5 aromatic rings. The average molecular weight is 468 g/mol. The molecule has 0 aliphatic carbocycles. The van der Waals surface area contributed by atoms with Crippen molar-refractivity contribution in [1.82, 2.24) is 9.97 Å². The lowest BCUT2D eigenvalue weighted by molar-refractivity contribution is 0.173. The fraction of sp³-hybridized carbons (Fsp3) is 0.0667. The Morgan fingerprint density at radius 1 is 0.472 bits per heavy atom. The molecule has 0 saturated heterocycles. The SMILES string of the molecule is C(#Cc1ccc2ccc3ccc(C#Cc4ccc5c(c4)OCO5)nc3c2n1)c1ccc2c(c1)OCO2. The first-order valence-electron chi connectivity index (χ1n) is 11.3. The third-order valence-corrected chi connectivity index (χ3v) is 5.93. The number of benzene rings is 3. The number of hydrogen-bond acceptors (Lipinski definition) is 6. The Bertz CT molecular complexity index is 1690. The molecular formula is C30H16N2O4. The van der Waals surface area contributed by atoms with Gasteiger partial charge in [0.05, 0.1) is 11.0 Å². The maximum Gasteiger partial charge on any atom is 0.231 e. The zero-order valence-corrected chi connectivity index (χ0v) is 18.9. The fourth-order valence-corrected chi connectivity index (χ4v) is 4.13. The summed E-state index contributed by atoms with van der Waals surface area (Å²) < 4.78 is 21.6. The molecule has 6 heteroatoms. The van der Waals surface area contributed by atoms with Crippen molar-refractivity contribution in [2.45, 2.75) is 0 Å². The van der Waals surface area contributed by atoms with E-state index in [1.54, 1.807) is 0 Å². The Morgan fingerprint density at radius 2 is 0.917 bits per heavy atom. The highest BCUT2D eigenvalue weighted by molar-refractivity contribution is 6.03. The number of ether oxygens (including phenoxy) is 4. The highest BCUT2D eigenvalue weighted by atomic mass is 16.7. The zero-order chi connectivity index (χ0) is 23.9. The fourth-order valence-electron chi connectivity index (χ4n) is 4.13. The number of aromatic nitrogens is 2. The topological polar surface area (TPSA) is 62.7 Å². The van der Waals surface area contributed by atoms with E-state index >= 15 is 0 Å². The van der Waals surface area contributed by atoms with Gasteiger partial charge in [-0.3, -0.25) is 0 Å². The minimum atomic E-state index is 0.238. The van der Waals surface area contributed by atoms with E-state index in [0.717, 1.165) is 44.4 Å². The smallest absolute Gasteiger partial charge is 0.231 e. The van der Waals surface area contributed by atoms with Crippen LogP contribution in [0.1, 0.15) is 22.5 Å². The van der Waals surface area contributed by atoms with E-state index in [-0.39, 0.29) is 13.6 Å². The van der Waals surface area contributed by atoms with Crippen LogP contribution in [0.5, 0.6) is 23.0 Å². The van der Waals surface area contributed by atoms with E-state index in [9.17, 15) is 0 Å². The highest BCUT2D eigenvalue weighted by Gasteiger charge is 2.13. The van der Waals surface area contributed by atoms with Gasteiger partial charge < -0.3 is 18.9 Å². The van der Waals surface area contributed by atoms with Crippen molar-refractivity contribution in [3.63, 3.8) is 0 Å². The van der Waals surface area contributed by atoms with Crippen molar-refractivity contribution in [2.75, 3.05) is 13.6 Å². The van der Waals surface area contributed by atoms with Crippen LogP contribution < -0.4 is 18.9 Å². The summed E-state index contributed by atoms with van der Waals surface area (Å²) in [5, 5.41) is 1.98. The normalized spacial score (nSPS) is 12.7. The van der Waals surface area contributed by atoms with Crippen molar-refractivity contribution in [2.24, 2.45) is 0 Å². The Kier molecular flexibility index (Phi) is 4.62. The number of pyridine rings is 2. The van der Waals surface area contributed by atoms with E-state index in [1.807, 2.05) is 72.8 Å². The minimum Gasteiger partial charge on any atom is -0.454 e. The molecule has 2 aliphatic rings. The number of fused-ring (bicyclic) bond motifs is 5. The van der Waals surface area contributed by atoms with Crippen LogP contribution in [0, 0.1) is 23.7 Å². The molecule has 3 aromatic carbocycles. The Hall–Kier alpha value is -5.20. The number of hydrogen-bond donors (Lipinski definition) is 0. The maximum atomic E-state index is 5.44. The highest BCUT2D eigenvalue weighted by Crippen LogP contribution is 2.33. The second-order valence-electron chi connectivity index (χ2n) is 8.24. The molecule has 0 saturated carbocycles. The third kappa shape index (κ3) is 3.68. The number of nitrogens with zero attached hydrogens (tertiary/aromatic N) is 2. The van der Waals surface area contributed by atoms with E-state index in [2.05, 4.69) is 23.7 Å². The number of rotatable bonds is 0. The molecule has 7 rings (SSSR count). The molecular weight excluding hydrogens is 452 g/mol. The lowest BCUT2D eigenvalue weighted by Gasteiger charge is -2.04. The zero-order valence-electron chi connectivity index (χ0n) is 18.9. The summed E-state index contributed by atoms with van der Waals surface area (Å²) in [5.41, 5.74) is 4.56. The Labute approximate surface area is 206 Å². The van der Waals surface area contributed by atoms with Crippen LogP contribution in [0.25, 0.3) is 21.8 Å². The van der Waals surface area contributed by atoms with Gasteiger partial charge in [0.1, 0.15) is 11.4 Å². The largest absolute Gasteiger partial charge is 0.454 e. The molecule has 0 fully saturated rings. The Morgan fingerprint density at radius 3 is 1.42 bits per heavy atom. The molecule has 6 nitrogen and oxygen atoms in total. The van der Waals surface area contributed by atoms with Crippen LogP contribution in [0.15, 0.2) is 72.8 Å². The second-order valence-corrected chi connectivity index (χ2v) is 8.24. The molecule has 0 amide bonds. The molecule has 0 spiro atoms. The molecule has 0 atom stereocenters. The van der Waals surface area contributed by atoms with Crippen LogP contribution in [-0.4, -0.2) is 23.6 Å². The van der Waals surface area contributed by atoms with Gasteiger partial charge >= 0.3 is 0 Å². The summed E-state index contributed by atoms with van der Waals surface area (Å²) >= 11 is 0. The molecule has 4 heterocycles. The van der Waals surface area contributed by atoms with Crippen LogP contribution in [-0.2, 0) is 0 Å². The first kappa shape index (κ1) is 20.2. The van der Waals surface area contributed by atoms with Gasteiger partial charge in [-0.25, -0.2) is 9.97 Å². The van der Waals surface area contributed by atoms with E-state index in [0.29, 0.717) is 22.9 Å². The van der Waals surface area contributed by atoms with Crippen LogP contribution in [0.4, 0.5) is 0 Å². The average Bonchev–Trinajstić information content (AvgIpc) is 3.59. The standard InChI is InChI=1S/C30H16N2O4/c1(19-3-13-25-27(15-19)35-17-33-25)9-23-11-7-21-5-6-22-8-12-24(32-30(22)29(21)31-23)10-2-20-4-14-26-28(16-20)36-18-34-26/h3-8,11-16H,17-18H2. The first-order chi connectivity index (χ1) is 17.8. The molecule has 0 bridgehead atoms. The van der Waals surface area contributed by atoms with Gasteiger partial charge in [0, 0.05) is 21.9 Å². The van der Waals surface area contributed by atoms with Gasteiger partial charge in [0.25, 0.3) is 0 Å². The summed E-state index contributed by atoms with van der Waals surface area (Å²) in [6.45, 7) is 0.475. The molecule has 0 unspecified atom stereocenters. The lowest BCUT2D eigenvalue weighted by atomic mass is 10.1. The predicted molar refractivity (Wildman–Crippen MR) is 134 cm³/mol. The van der Waals surface area contributed by atoms with Crippen molar-refractivity contribution in [3.05, 3.63) is 95.3 Å². The van der Waals surface area contributed by atoms with Crippen molar-refractivity contribution < 1.29 is 18.9 Å². The van der Waals surface area contributed by atoms with Crippen molar-refractivity contribution in [3.8, 4) is 46.7 Å². The summed E-state index contributed by atoms with van der Waals surface area (Å²) in [5.74, 6) is 15.5. The van der Waals surface area contributed by atoms with Crippen molar-refractivity contribution in [1.29, 1.82) is 0 Å². The van der Waals surface area contributed by atoms with Gasteiger partial charge in [-0.2, -0.15) is 0 Å². The summed E-state index contributed by atoms with van der Waals surface area (Å²) in [4.78, 5) is 9.64. The van der Waals surface area contributed by atoms with Gasteiger partial charge in [-0.1, -0.05) is 24.0 Å². The summed E-state index contributed by atoms with van der Waals surface area (Å²) in [6, 6.07) is 23.2. The first-order valence-corrected chi connectivity index (χ1v) is 11.3. The van der Waals surface area contributed by atoms with Gasteiger partial charge in [-0.05, 0) is 72.5 Å².